The van der Waals surface area contributed by atoms with Crippen molar-refractivity contribution >= 4 is 5.78 Å². The van der Waals surface area contributed by atoms with Crippen LogP contribution in [0.15, 0.2) is 11.6 Å². The van der Waals surface area contributed by atoms with Gasteiger partial charge in [0.25, 0.3) is 0 Å². The number of ketones is 1. The molecule has 0 bridgehead atoms. The lowest BCUT2D eigenvalue weighted by atomic mass is 10.1. The number of allylic oxidation sites excluding steroid dienone is 2. The van der Waals surface area contributed by atoms with E-state index in [1.165, 1.54) is 5.57 Å². The van der Waals surface area contributed by atoms with E-state index in [2.05, 4.69) is 6.92 Å². The lowest BCUT2D eigenvalue weighted by Gasteiger charge is -1.98. The number of carbonyl (C=O) groups excluding carboxylic acids is 1. The molecular weight excluding hydrogens is 124 g/mol. The molecule has 1 aliphatic carbocycles. The smallest absolute Gasteiger partial charge is 0.158 e. The van der Waals surface area contributed by atoms with E-state index in [1.54, 1.807) is 0 Å². The van der Waals surface area contributed by atoms with Gasteiger partial charge in [0.1, 0.15) is 0 Å². The average molecular weight is 138 g/mol. The van der Waals surface area contributed by atoms with Crippen molar-refractivity contribution in [1.82, 2.24) is 0 Å². The molecule has 1 aliphatic rings. The van der Waals surface area contributed by atoms with Crippen molar-refractivity contribution < 1.29 is 4.79 Å². The average Bonchev–Trinajstić information content (AvgIpc) is 2.14. The van der Waals surface area contributed by atoms with Gasteiger partial charge in [-0.15, -0.1) is 0 Å². The summed E-state index contributed by atoms with van der Waals surface area (Å²) in [6, 6.07) is 0. The largest absolute Gasteiger partial charge is 0.295 e. The third-order valence-electron chi connectivity index (χ3n) is 1.97. The Hall–Kier alpha value is -0.590. The Morgan fingerprint density at radius 2 is 2.40 bits per heavy atom. The predicted molar refractivity (Wildman–Crippen MR) is 41.8 cm³/mol. The van der Waals surface area contributed by atoms with Gasteiger partial charge < -0.3 is 0 Å². The zero-order valence-corrected chi connectivity index (χ0v) is 6.68. The summed E-state index contributed by atoms with van der Waals surface area (Å²) in [7, 11) is 0. The van der Waals surface area contributed by atoms with Crippen molar-refractivity contribution in [3.8, 4) is 0 Å². The first-order valence-electron chi connectivity index (χ1n) is 3.97. The van der Waals surface area contributed by atoms with Crippen LogP contribution in [0.1, 0.15) is 33.1 Å². The van der Waals surface area contributed by atoms with Gasteiger partial charge in [-0.25, -0.2) is 0 Å². The van der Waals surface area contributed by atoms with Crippen LogP contribution >= 0.6 is 0 Å². The Labute approximate surface area is 62.1 Å². The Bertz CT molecular complexity index is 168. The molecular formula is C9H14O. The van der Waals surface area contributed by atoms with E-state index < -0.39 is 0 Å². The van der Waals surface area contributed by atoms with Crippen molar-refractivity contribution in [3.05, 3.63) is 11.6 Å². The van der Waals surface area contributed by atoms with Crippen LogP contribution in [0.5, 0.6) is 0 Å². The standard InChI is InChI=1S/C9H14O/c1-3-4-8-5-7(2)9(10)6-8/h6-7H,3-5H2,1-2H3. The lowest BCUT2D eigenvalue weighted by Crippen LogP contribution is -1.99. The Morgan fingerprint density at radius 1 is 1.70 bits per heavy atom. The van der Waals surface area contributed by atoms with Crippen LogP contribution in [0.3, 0.4) is 0 Å². The van der Waals surface area contributed by atoms with Crippen LogP contribution in [0.25, 0.3) is 0 Å². The Kier molecular flexibility index (Phi) is 2.25. The minimum absolute atomic E-state index is 0.265. The van der Waals surface area contributed by atoms with Gasteiger partial charge in [0.2, 0.25) is 0 Å². The van der Waals surface area contributed by atoms with Gasteiger partial charge in [0.05, 0.1) is 0 Å². The van der Waals surface area contributed by atoms with Crippen molar-refractivity contribution in [2.45, 2.75) is 33.1 Å². The first kappa shape index (κ1) is 7.52. The van der Waals surface area contributed by atoms with Crippen LogP contribution < -0.4 is 0 Å². The van der Waals surface area contributed by atoms with Crippen LogP contribution in [0.4, 0.5) is 0 Å². The fourth-order valence-electron chi connectivity index (χ4n) is 1.39. The van der Waals surface area contributed by atoms with Gasteiger partial charge in [-0.1, -0.05) is 25.8 Å². The van der Waals surface area contributed by atoms with E-state index in [1.807, 2.05) is 13.0 Å². The van der Waals surface area contributed by atoms with Crippen LogP contribution in [-0.2, 0) is 4.79 Å². The Morgan fingerprint density at radius 3 is 2.80 bits per heavy atom. The van der Waals surface area contributed by atoms with Gasteiger partial charge in [-0.3, -0.25) is 4.79 Å². The number of hydrogen-bond donors (Lipinski definition) is 0. The lowest BCUT2D eigenvalue weighted by molar-refractivity contribution is -0.116. The van der Waals surface area contributed by atoms with Gasteiger partial charge in [-0.05, 0) is 18.9 Å². The number of rotatable bonds is 2. The van der Waals surface area contributed by atoms with Crippen molar-refractivity contribution in [1.29, 1.82) is 0 Å². The highest BCUT2D eigenvalue weighted by molar-refractivity contribution is 5.94. The van der Waals surface area contributed by atoms with E-state index in [9.17, 15) is 4.79 Å². The van der Waals surface area contributed by atoms with Gasteiger partial charge in [0, 0.05) is 5.92 Å². The second-order valence-electron chi connectivity index (χ2n) is 3.06. The monoisotopic (exact) mass is 138 g/mol. The molecule has 0 aromatic rings. The summed E-state index contributed by atoms with van der Waals surface area (Å²) in [5.41, 5.74) is 1.35. The van der Waals surface area contributed by atoms with E-state index in [0.29, 0.717) is 5.78 Å². The predicted octanol–water partition coefficient (Wildman–Crippen LogP) is 2.32. The molecule has 0 heterocycles. The van der Waals surface area contributed by atoms with E-state index >= 15 is 0 Å². The molecule has 0 saturated heterocycles. The van der Waals surface area contributed by atoms with E-state index in [4.69, 9.17) is 0 Å². The molecule has 0 amide bonds. The maximum absolute atomic E-state index is 11.0. The molecule has 1 heteroatoms. The summed E-state index contributed by atoms with van der Waals surface area (Å²) in [6.45, 7) is 4.15. The highest BCUT2D eigenvalue weighted by Gasteiger charge is 2.19. The SMILES string of the molecule is CCCC1=CC(=O)C(C)C1. The second-order valence-corrected chi connectivity index (χ2v) is 3.06. The molecule has 1 nitrogen and oxygen atoms in total. The molecule has 0 spiro atoms. The normalized spacial score (nSPS) is 25.2. The Balaban J connectivity index is 2.50. The third kappa shape index (κ3) is 1.47. The van der Waals surface area contributed by atoms with Crippen molar-refractivity contribution in [2.24, 2.45) is 5.92 Å². The number of carbonyl (C=O) groups is 1. The molecule has 0 N–H and O–H groups in total. The molecule has 0 aliphatic heterocycles. The summed E-state index contributed by atoms with van der Waals surface area (Å²) in [5, 5.41) is 0. The summed E-state index contributed by atoms with van der Waals surface area (Å²) >= 11 is 0. The summed E-state index contributed by atoms with van der Waals surface area (Å²) in [5.74, 6) is 0.588. The third-order valence-corrected chi connectivity index (χ3v) is 1.97. The molecule has 0 fully saturated rings. The molecule has 0 radical (unpaired) electrons. The van der Waals surface area contributed by atoms with Crippen LogP contribution in [0, 0.1) is 5.92 Å². The minimum atomic E-state index is 0.265. The fourth-order valence-corrected chi connectivity index (χ4v) is 1.39. The summed E-state index contributed by atoms with van der Waals surface area (Å²) in [4.78, 5) is 11.0. The quantitative estimate of drug-likeness (QED) is 0.572. The van der Waals surface area contributed by atoms with Crippen molar-refractivity contribution in [2.75, 3.05) is 0 Å². The highest BCUT2D eigenvalue weighted by atomic mass is 16.1. The summed E-state index contributed by atoms with van der Waals surface area (Å²) in [6.07, 6.45) is 5.10. The number of hydrogen-bond acceptors (Lipinski definition) is 1. The molecule has 0 saturated carbocycles. The second kappa shape index (κ2) is 3.00. The van der Waals surface area contributed by atoms with Gasteiger partial charge >= 0.3 is 0 Å². The zero-order valence-electron chi connectivity index (χ0n) is 6.68. The van der Waals surface area contributed by atoms with Crippen molar-refractivity contribution in [3.63, 3.8) is 0 Å². The first-order valence-corrected chi connectivity index (χ1v) is 3.97. The molecule has 0 aromatic carbocycles. The van der Waals surface area contributed by atoms with E-state index in [-0.39, 0.29) is 5.92 Å². The molecule has 1 atom stereocenters. The summed E-state index contributed by atoms with van der Waals surface area (Å²) < 4.78 is 0. The van der Waals surface area contributed by atoms with E-state index in [0.717, 1.165) is 19.3 Å². The molecule has 1 rings (SSSR count). The zero-order chi connectivity index (χ0) is 7.56. The van der Waals surface area contributed by atoms with Crippen LogP contribution in [-0.4, -0.2) is 5.78 Å². The molecule has 56 valence electrons. The van der Waals surface area contributed by atoms with Gasteiger partial charge in [0.15, 0.2) is 5.78 Å². The van der Waals surface area contributed by atoms with Crippen LogP contribution in [0.2, 0.25) is 0 Å². The molecule has 0 aromatic heterocycles. The minimum Gasteiger partial charge on any atom is -0.295 e. The topological polar surface area (TPSA) is 17.1 Å². The van der Waals surface area contributed by atoms with Gasteiger partial charge in [-0.2, -0.15) is 0 Å². The highest BCUT2D eigenvalue weighted by Crippen LogP contribution is 2.24. The molecule has 10 heavy (non-hydrogen) atoms. The maximum atomic E-state index is 11.0. The maximum Gasteiger partial charge on any atom is 0.158 e. The fraction of sp³-hybridized carbons (Fsp3) is 0.667. The first-order chi connectivity index (χ1) is 4.74. The molecule has 1 unspecified atom stereocenters.